The lowest BCUT2D eigenvalue weighted by molar-refractivity contribution is -0.130. The normalized spacial score (nSPS) is 15.6. The van der Waals surface area contributed by atoms with E-state index in [0.717, 1.165) is 37.2 Å². The number of para-hydroxylation sites is 1. The van der Waals surface area contributed by atoms with Crippen molar-refractivity contribution in [2.75, 3.05) is 31.6 Å². The number of aromatic nitrogens is 1. The molecule has 1 aliphatic heterocycles. The van der Waals surface area contributed by atoms with Gasteiger partial charge in [-0.25, -0.2) is 0 Å². The molecule has 0 bridgehead atoms. The smallest absolute Gasteiger partial charge is 0.242 e. The zero-order valence-electron chi connectivity index (χ0n) is 15.6. The highest BCUT2D eigenvalue weighted by Gasteiger charge is 2.29. The number of carbonyl (C=O) groups is 1. The Kier molecular flexibility index (Phi) is 10.1. The standard InChI is InChI=1S/C20H26N4O.2ClH/c1-21-14-19-10-6-12-24(19)20(25)16-23(18-8-3-2-4-9-18)15-17-7-5-11-22-13-17;;/h2-5,7-9,11,13,19,21H,6,10,12,14-16H2,1H3;2*1H. The van der Waals surface area contributed by atoms with E-state index in [1.807, 2.05) is 48.5 Å². The first-order valence-corrected chi connectivity index (χ1v) is 8.91. The van der Waals surface area contributed by atoms with Gasteiger partial charge in [-0.3, -0.25) is 9.78 Å². The number of nitrogens with one attached hydrogen (secondary N) is 1. The topological polar surface area (TPSA) is 48.5 Å². The van der Waals surface area contributed by atoms with Crippen LogP contribution in [-0.4, -0.2) is 48.5 Å². The van der Waals surface area contributed by atoms with Gasteiger partial charge in [0.25, 0.3) is 0 Å². The minimum Gasteiger partial charge on any atom is -0.358 e. The van der Waals surface area contributed by atoms with Crippen molar-refractivity contribution in [2.24, 2.45) is 0 Å². The van der Waals surface area contributed by atoms with Gasteiger partial charge in [0.1, 0.15) is 0 Å². The average Bonchev–Trinajstić information content (AvgIpc) is 3.11. The minimum absolute atomic E-state index is 0. The van der Waals surface area contributed by atoms with Crippen molar-refractivity contribution < 1.29 is 4.79 Å². The number of nitrogens with zero attached hydrogens (tertiary/aromatic N) is 3. The van der Waals surface area contributed by atoms with Crippen molar-refractivity contribution >= 4 is 36.4 Å². The first kappa shape index (κ1) is 23.2. The summed E-state index contributed by atoms with van der Waals surface area (Å²) in [6.07, 6.45) is 5.81. The van der Waals surface area contributed by atoms with Gasteiger partial charge in [-0.2, -0.15) is 0 Å². The summed E-state index contributed by atoms with van der Waals surface area (Å²) in [4.78, 5) is 21.3. The van der Waals surface area contributed by atoms with Crippen molar-refractivity contribution in [3.63, 3.8) is 0 Å². The Hall–Kier alpha value is -1.82. The van der Waals surface area contributed by atoms with Gasteiger partial charge in [0, 0.05) is 43.8 Å². The number of anilines is 1. The van der Waals surface area contributed by atoms with Gasteiger partial charge in [-0.15, -0.1) is 24.8 Å². The Morgan fingerprint density at radius 2 is 2.00 bits per heavy atom. The van der Waals surface area contributed by atoms with Gasteiger partial charge in [-0.1, -0.05) is 24.3 Å². The maximum Gasteiger partial charge on any atom is 0.242 e. The lowest BCUT2D eigenvalue weighted by atomic mass is 10.2. The van der Waals surface area contributed by atoms with E-state index in [2.05, 4.69) is 27.3 Å². The summed E-state index contributed by atoms with van der Waals surface area (Å²) in [6.45, 7) is 2.79. The second-order valence-corrected chi connectivity index (χ2v) is 6.49. The predicted octanol–water partition coefficient (Wildman–Crippen LogP) is 3.14. The zero-order valence-corrected chi connectivity index (χ0v) is 17.2. The minimum atomic E-state index is 0. The fraction of sp³-hybridized carbons (Fsp3) is 0.400. The molecule has 7 heteroatoms. The van der Waals surface area contributed by atoms with Crippen LogP contribution in [-0.2, 0) is 11.3 Å². The van der Waals surface area contributed by atoms with Gasteiger partial charge >= 0.3 is 0 Å². The number of rotatable bonds is 7. The van der Waals surface area contributed by atoms with Crippen molar-refractivity contribution in [1.82, 2.24) is 15.2 Å². The van der Waals surface area contributed by atoms with Crippen molar-refractivity contribution in [3.05, 3.63) is 60.4 Å². The SMILES string of the molecule is CNCC1CCCN1C(=O)CN(Cc1cccnc1)c1ccccc1.Cl.Cl. The summed E-state index contributed by atoms with van der Waals surface area (Å²) in [6, 6.07) is 14.4. The molecule has 1 fully saturated rings. The summed E-state index contributed by atoms with van der Waals surface area (Å²) in [5.74, 6) is 0.200. The van der Waals surface area contributed by atoms with Crippen molar-refractivity contribution in [2.45, 2.75) is 25.4 Å². The zero-order chi connectivity index (χ0) is 17.5. The third-order valence-electron chi connectivity index (χ3n) is 4.68. The number of likely N-dealkylation sites (tertiary alicyclic amines) is 1. The molecule has 1 unspecified atom stereocenters. The first-order valence-electron chi connectivity index (χ1n) is 8.91. The Labute approximate surface area is 174 Å². The third kappa shape index (κ3) is 6.38. The molecule has 148 valence electrons. The number of halogens is 2. The van der Waals surface area contributed by atoms with Crippen LogP contribution in [0.15, 0.2) is 54.9 Å². The number of pyridine rings is 1. The van der Waals surface area contributed by atoms with Gasteiger partial charge in [0.15, 0.2) is 0 Å². The Morgan fingerprint density at radius 3 is 2.67 bits per heavy atom. The number of benzene rings is 1. The molecule has 1 aliphatic rings. The van der Waals surface area contributed by atoms with Crippen molar-refractivity contribution in [1.29, 1.82) is 0 Å². The molecular weight excluding hydrogens is 383 g/mol. The van der Waals surface area contributed by atoms with Crippen LogP contribution in [0.2, 0.25) is 0 Å². The lowest BCUT2D eigenvalue weighted by Gasteiger charge is -2.30. The molecule has 27 heavy (non-hydrogen) atoms. The van der Waals surface area contributed by atoms with E-state index in [1.165, 1.54) is 0 Å². The summed E-state index contributed by atoms with van der Waals surface area (Å²) >= 11 is 0. The maximum atomic E-state index is 12.9. The monoisotopic (exact) mass is 410 g/mol. The van der Waals surface area contributed by atoms with E-state index in [1.54, 1.807) is 6.20 Å². The molecule has 1 amide bonds. The maximum absolute atomic E-state index is 12.9. The Bertz CT molecular complexity index is 672. The Morgan fingerprint density at radius 1 is 1.22 bits per heavy atom. The van der Waals surface area contributed by atoms with E-state index in [-0.39, 0.29) is 30.7 Å². The van der Waals surface area contributed by atoms with Crippen molar-refractivity contribution in [3.8, 4) is 0 Å². The molecule has 0 spiro atoms. The van der Waals surface area contributed by atoms with Crippen LogP contribution in [0.4, 0.5) is 5.69 Å². The van der Waals surface area contributed by atoms with Crippen LogP contribution in [0, 0.1) is 0 Å². The molecule has 1 N–H and O–H groups in total. The molecule has 0 aliphatic carbocycles. The highest BCUT2D eigenvalue weighted by molar-refractivity contribution is 5.85. The molecule has 0 radical (unpaired) electrons. The number of carbonyl (C=O) groups excluding carboxylic acids is 1. The van der Waals surface area contributed by atoms with Gasteiger partial charge in [0.05, 0.1) is 6.54 Å². The van der Waals surface area contributed by atoms with E-state index < -0.39 is 0 Å². The summed E-state index contributed by atoms with van der Waals surface area (Å²) < 4.78 is 0. The number of hydrogen-bond acceptors (Lipinski definition) is 4. The van der Waals surface area contributed by atoms with Crippen LogP contribution >= 0.6 is 24.8 Å². The third-order valence-corrected chi connectivity index (χ3v) is 4.68. The first-order chi connectivity index (χ1) is 12.3. The highest BCUT2D eigenvalue weighted by Crippen LogP contribution is 2.20. The van der Waals surface area contributed by atoms with Crippen LogP contribution in [0.25, 0.3) is 0 Å². The summed E-state index contributed by atoms with van der Waals surface area (Å²) in [7, 11) is 1.94. The van der Waals surface area contributed by atoms with Gasteiger partial charge < -0.3 is 15.1 Å². The van der Waals surface area contributed by atoms with E-state index >= 15 is 0 Å². The second kappa shape index (κ2) is 11.8. The molecule has 2 aromatic rings. The molecule has 3 rings (SSSR count). The highest BCUT2D eigenvalue weighted by atomic mass is 35.5. The van der Waals surface area contributed by atoms with Crippen LogP contribution < -0.4 is 10.2 Å². The van der Waals surface area contributed by atoms with Gasteiger partial charge in [0.2, 0.25) is 5.91 Å². The lowest BCUT2D eigenvalue weighted by Crippen LogP contribution is -2.45. The summed E-state index contributed by atoms with van der Waals surface area (Å²) in [5, 5.41) is 3.20. The molecule has 1 aromatic heterocycles. The summed E-state index contributed by atoms with van der Waals surface area (Å²) in [5.41, 5.74) is 2.16. The fourth-order valence-corrected chi connectivity index (χ4v) is 3.46. The fourth-order valence-electron chi connectivity index (χ4n) is 3.46. The average molecular weight is 411 g/mol. The van der Waals surface area contributed by atoms with Crippen LogP contribution in [0.3, 0.4) is 0 Å². The molecule has 0 saturated carbocycles. The quantitative estimate of drug-likeness (QED) is 0.761. The number of amides is 1. The van der Waals surface area contributed by atoms with E-state index in [9.17, 15) is 4.79 Å². The van der Waals surface area contributed by atoms with E-state index in [4.69, 9.17) is 0 Å². The predicted molar refractivity (Wildman–Crippen MR) is 115 cm³/mol. The number of likely N-dealkylation sites (N-methyl/N-ethyl adjacent to an activating group) is 1. The molecule has 1 atom stereocenters. The molecule has 1 saturated heterocycles. The molecule has 5 nitrogen and oxygen atoms in total. The van der Waals surface area contributed by atoms with Crippen LogP contribution in [0.5, 0.6) is 0 Å². The molecule has 1 aromatic carbocycles. The molecule has 2 heterocycles. The second-order valence-electron chi connectivity index (χ2n) is 6.49. The largest absolute Gasteiger partial charge is 0.358 e. The van der Waals surface area contributed by atoms with E-state index in [0.29, 0.717) is 19.1 Å². The Balaban J connectivity index is 0.00000182. The van der Waals surface area contributed by atoms with Crippen LogP contribution in [0.1, 0.15) is 18.4 Å². The molecular formula is C20H28Cl2N4O. The van der Waals surface area contributed by atoms with Gasteiger partial charge in [-0.05, 0) is 43.7 Å². The number of hydrogen-bond donors (Lipinski definition) is 1.